The predicted molar refractivity (Wildman–Crippen MR) is 64.6 cm³/mol. The van der Waals surface area contributed by atoms with Crippen LogP contribution in [0.1, 0.15) is 20.8 Å². The Hall–Kier alpha value is -0.190. The molecule has 5 nitrogen and oxygen atoms in total. The Kier molecular flexibility index (Phi) is 5.15. The summed E-state index contributed by atoms with van der Waals surface area (Å²) >= 11 is 1.22. The maximum atomic E-state index is 12.5. The molecule has 0 aromatic carbocycles. The highest BCUT2D eigenvalue weighted by Crippen LogP contribution is 2.63. The van der Waals surface area contributed by atoms with Crippen molar-refractivity contribution in [2.75, 3.05) is 25.5 Å². The van der Waals surface area contributed by atoms with Crippen LogP contribution in [-0.4, -0.2) is 36.3 Å². The molecule has 1 aliphatic heterocycles. The van der Waals surface area contributed by atoms with Gasteiger partial charge < -0.3 is 9.26 Å². The van der Waals surface area contributed by atoms with Crippen LogP contribution in [0.5, 0.6) is 0 Å². The second-order valence-corrected chi connectivity index (χ2v) is 8.24. The van der Waals surface area contributed by atoms with Gasteiger partial charge in [0, 0.05) is 5.75 Å². The lowest BCUT2D eigenvalue weighted by Gasteiger charge is -2.24. The number of cyclic esters (lactones) is 1. The lowest BCUT2D eigenvalue weighted by atomic mass is 10.3. The molecule has 94 valence electrons. The van der Waals surface area contributed by atoms with E-state index in [1.807, 2.05) is 13.8 Å². The summed E-state index contributed by atoms with van der Waals surface area (Å²) in [5, 5.41) is 0. The third-order valence-electron chi connectivity index (χ3n) is 1.90. The summed E-state index contributed by atoms with van der Waals surface area (Å²) in [7, 11) is 0. The Morgan fingerprint density at radius 2 is 2.31 bits per heavy atom. The second-order valence-electron chi connectivity index (χ2n) is 3.81. The van der Waals surface area contributed by atoms with E-state index in [9.17, 15) is 9.36 Å². The van der Waals surface area contributed by atoms with E-state index in [4.69, 9.17) is 9.26 Å². The number of carbonyl (C=O) groups excluding carboxylic acids is 1. The van der Waals surface area contributed by atoms with Gasteiger partial charge in [-0.05, 0) is 24.2 Å². The van der Waals surface area contributed by atoms with Crippen molar-refractivity contribution < 1.29 is 18.6 Å². The fourth-order valence-electron chi connectivity index (χ4n) is 1.19. The van der Waals surface area contributed by atoms with E-state index in [1.54, 1.807) is 6.92 Å². The highest BCUT2D eigenvalue weighted by Gasteiger charge is 2.40. The van der Waals surface area contributed by atoms with Crippen molar-refractivity contribution in [1.82, 2.24) is 4.67 Å². The van der Waals surface area contributed by atoms with Crippen molar-refractivity contribution in [3.05, 3.63) is 0 Å². The molecular weight excluding hydrogens is 249 g/mol. The van der Waals surface area contributed by atoms with Gasteiger partial charge in [-0.2, -0.15) is 0 Å². The van der Waals surface area contributed by atoms with Gasteiger partial charge in [-0.15, -0.1) is 0 Å². The van der Waals surface area contributed by atoms with Gasteiger partial charge in [0.2, 0.25) is 0 Å². The summed E-state index contributed by atoms with van der Waals surface area (Å²) in [6.45, 7) is 3.70. The molecule has 0 radical (unpaired) electrons. The number of amides is 1. The molecule has 0 bridgehead atoms. The Labute approximate surface area is 100 Å². The van der Waals surface area contributed by atoms with Gasteiger partial charge in [-0.25, -0.2) is 9.46 Å². The van der Waals surface area contributed by atoms with Gasteiger partial charge in [-0.1, -0.05) is 13.8 Å². The first kappa shape index (κ1) is 13.9. The van der Waals surface area contributed by atoms with Crippen LogP contribution in [-0.2, 0) is 13.8 Å². The zero-order valence-corrected chi connectivity index (χ0v) is 11.6. The largest absolute Gasteiger partial charge is 0.447 e. The van der Waals surface area contributed by atoms with Crippen LogP contribution in [0.4, 0.5) is 4.79 Å². The molecule has 1 unspecified atom stereocenters. The summed E-state index contributed by atoms with van der Waals surface area (Å²) in [4.78, 5) is 11.4. The van der Waals surface area contributed by atoms with Crippen LogP contribution in [0.3, 0.4) is 0 Å². The molecule has 0 spiro atoms. The smallest absolute Gasteiger partial charge is 0.417 e. The van der Waals surface area contributed by atoms with E-state index in [-0.39, 0.29) is 6.61 Å². The molecule has 1 saturated heterocycles. The van der Waals surface area contributed by atoms with Crippen LogP contribution in [0.25, 0.3) is 0 Å². The highest BCUT2D eigenvalue weighted by molar-refractivity contribution is 8.56. The first-order valence-electron chi connectivity index (χ1n) is 5.33. The molecule has 16 heavy (non-hydrogen) atoms. The zero-order valence-electron chi connectivity index (χ0n) is 9.84. The normalized spacial score (nSPS) is 20.0. The van der Waals surface area contributed by atoms with Gasteiger partial charge >= 0.3 is 12.8 Å². The maximum absolute atomic E-state index is 12.5. The van der Waals surface area contributed by atoms with E-state index >= 15 is 0 Å². The Balaban J connectivity index is 2.70. The third kappa shape index (κ3) is 3.40. The van der Waals surface area contributed by atoms with E-state index in [2.05, 4.69) is 0 Å². The van der Waals surface area contributed by atoms with Crippen molar-refractivity contribution in [1.29, 1.82) is 0 Å². The average molecular weight is 267 g/mol. The first-order valence-corrected chi connectivity index (χ1v) is 8.50. The number of ether oxygens (including phenoxy) is 1. The summed E-state index contributed by atoms with van der Waals surface area (Å²) in [6.07, 6.45) is -0.534. The molecule has 0 aliphatic carbocycles. The number of carbonyl (C=O) groups is 1. The lowest BCUT2D eigenvalue weighted by Crippen LogP contribution is -2.21. The number of rotatable bonds is 6. The van der Waals surface area contributed by atoms with Crippen molar-refractivity contribution in [3.8, 4) is 0 Å². The molecule has 0 saturated carbocycles. The monoisotopic (exact) mass is 267 g/mol. The van der Waals surface area contributed by atoms with Crippen LogP contribution < -0.4 is 0 Å². The molecule has 0 N–H and O–H groups in total. The Morgan fingerprint density at radius 3 is 2.75 bits per heavy atom. The summed E-state index contributed by atoms with van der Waals surface area (Å²) in [5.74, 6) is 1.10. The molecule has 1 heterocycles. The second kappa shape index (κ2) is 5.94. The van der Waals surface area contributed by atoms with E-state index in [1.165, 1.54) is 16.1 Å². The van der Waals surface area contributed by atoms with Gasteiger partial charge in [0.1, 0.15) is 6.61 Å². The Bertz CT molecular complexity index is 297. The van der Waals surface area contributed by atoms with Gasteiger partial charge in [0.05, 0.1) is 13.2 Å². The van der Waals surface area contributed by atoms with Crippen LogP contribution in [0.2, 0.25) is 0 Å². The van der Waals surface area contributed by atoms with Crippen LogP contribution in [0, 0.1) is 5.92 Å². The molecule has 1 aliphatic rings. The minimum atomic E-state index is -3.10. The van der Waals surface area contributed by atoms with Gasteiger partial charge in [0.25, 0.3) is 0 Å². The molecule has 1 atom stereocenters. The number of nitrogens with zero attached hydrogens (tertiary/aromatic N) is 1. The first-order chi connectivity index (χ1) is 7.49. The van der Waals surface area contributed by atoms with Crippen molar-refractivity contribution in [2.24, 2.45) is 5.92 Å². The number of hydrogen-bond donors (Lipinski definition) is 0. The SMILES string of the molecule is CCOP(=O)(SCC(C)C)N1CCOC1=O. The standard InChI is InChI=1S/C9H18NO4PS/c1-4-14-15(12,16-7-8(2)3)10-5-6-13-9(10)11/h8H,4-7H2,1-3H3. The fraction of sp³-hybridized carbons (Fsp3) is 0.889. The highest BCUT2D eigenvalue weighted by atomic mass is 32.7. The molecule has 1 amide bonds. The average Bonchev–Trinajstić information content (AvgIpc) is 2.62. The van der Waals surface area contributed by atoms with E-state index in [0.717, 1.165) is 0 Å². The topological polar surface area (TPSA) is 55.8 Å². The zero-order chi connectivity index (χ0) is 12.2. The molecule has 7 heteroatoms. The number of hydrogen-bond acceptors (Lipinski definition) is 5. The Morgan fingerprint density at radius 1 is 1.62 bits per heavy atom. The van der Waals surface area contributed by atoms with E-state index < -0.39 is 12.8 Å². The lowest BCUT2D eigenvalue weighted by molar-refractivity contribution is 0.167. The fourth-order valence-corrected chi connectivity index (χ4v) is 5.80. The third-order valence-corrected chi connectivity index (χ3v) is 6.91. The van der Waals surface area contributed by atoms with Gasteiger partial charge in [0.15, 0.2) is 0 Å². The maximum Gasteiger partial charge on any atom is 0.417 e. The molecule has 1 rings (SSSR count). The van der Waals surface area contributed by atoms with E-state index in [0.29, 0.717) is 24.8 Å². The molecular formula is C9H18NO4PS. The molecule has 1 fully saturated rings. The minimum absolute atomic E-state index is 0.290. The van der Waals surface area contributed by atoms with Crippen molar-refractivity contribution in [2.45, 2.75) is 20.8 Å². The summed E-state index contributed by atoms with van der Waals surface area (Å²) < 4.78 is 23.8. The predicted octanol–water partition coefficient (Wildman–Crippen LogP) is 2.97. The molecule has 0 aromatic rings. The summed E-state index contributed by atoms with van der Waals surface area (Å²) in [6, 6.07) is 0. The van der Waals surface area contributed by atoms with Crippen molar-refractivity contribution in [3.63, 3.8) is 0 Å². The quantitative estimate of drug-likeness (QED) is 0.692. The van der Waals surface area contributed by atoms with Crippen molar-refractivity contribution >= 4 is 24.2 Å². The van der Waals surface area contributed by atoms with Crippen LogP contribution in [0.15, 0.2) is 0 Å². The summed E-state index contributed by atoms with van der Waals surface area (Å²) in [5.41, 5.74) is 0. The van der Waals surface area contributed by atoms with Crippen LogP contribution >= 0.6 is 18.1 Å². The van der Waals surface area contributed by atoms with Gasteiger partial charge in [-0.3, -0.25) is 4.57 Å². The minimum Gasteiger partial charge on any atom is -0.447 e. The molecule has 0 aromatic heterocycles.